The molecule has 2 aromatic rings. The molecule has 1 nitrogen and oxygen atoms in total. The summed E-state index contributed by atoms with van der Waals surface area (Å²) in [5, 5.41) is 2.58. The molecule has 0 saturated heterocycles. The first kappa shape index (κ1) is 14.6. The van der Waals surface area contributed by atoms with Crippen molar-refractivity contribution in [1.29, 1.82) is 0 Å². The monoisotopic (exact) mass is 357 g/mol. The predicted octanol–water partition coefficient (Wildman–Crippen LogP) is 6.50. The third-order valence-corrected chi connectivity index (χ3v) is 4.77. The van der Waals surface area contributed by atoms with Crippen LogP contribution in [0.5, 0.6) is 0 Å². The van der Waals surface area contributed by atoms with E-state index in [0.29, 0.717) is 25.1 Å². The Morgan fingerprint density at radius 1 is 0.833 bits per heavy atom. The van der Waals surface area contributed by atoms with Gasteiger partial charge in [-0.05, 0) is 24.3 Å². The molecule has 0 radical (unpaired) electrons. The number of hydrogen-bond acceptors (Lipinski definition) is 2. The molecule has 1 aromatic heterocycles. The van der Waals surface area contributed by atoms with E-state index in [9.17, 15) is 0 Å². The molecular formula is C11H4Cl5NS. The Morgan fingerprint density at radius 2 is 1.56 bits per heavy atom. The zero-order chi connectivity index (χ0) is 13.3. The van der Waals surface area contributed by atoms with Crippen LogP contribution in [0.1, 0.15) is 0 Å². The fourth-order valence-corrected chi connectivity index (χ4v) is 3.15. The third-order valence-electron chi connectivity index (χ3n) is 1.95. The largest absolute Gasteiger partial charge is 0.226 e. The molecule has 0 fully saturated rings. The molecule has 1 heterocycles. The van der Waals surface area contributed by atoms with Gasteiger partial charge in [-0.2, -0.15) is 0 Å². The van der Waals surface area contributed by atoms with Gasteiger partial charge in [-0.15, -0.1) is 0 Å². The summed E-state index contributed by atoms with van der Waals surface area (Å²) in [6.45, 7) is 0. The van der Waals surface area contributed by atoms with E-state index in [1.54, 1.807) is 24.3 Å². The maximum atomic E-state index is 6.06. The number of hydrogen-bond donors (Lipinski definition) is 0. The molecule has 0 aliphatic carbocycles. The zero-order valence-electron chi connectivity index (χ0n) is 8.55. The number of rotatable bonds is 2. The molecule has 0 bridgehead atoms. The van der Waals surface area contributed by atoms with Gasteiger partial charge in [-0.1, -0.05) is 69.8 Å². The molecule has 1 aromatic carbocycles. The summed E-state index contributed by atoms with van der Waals surface area (Å²) < 4.78 is 0. The maximum absolute atomic E-state index is 6.06. The molecule has 0 N–H and O–H groups in total. The highest BCUT2D eigenvalue weighted by molar-refractivity contribution is 7.99. The van der Waals surface area contributed by atoms with Crippen molar-refractivity contribution in [2.75, 3.05) is 0 Å². The van der Waals surface area contributed by atoms with E-state index >= 15 is 0 Å². The van der Waals surface area contributed by atoms with Crippen LogP contribution in [0.4, 0.5) is 0 Å². The van der Waals surface area contributed by atoms with Gasteiger partial charge in [0.05, 0.1) is 15.1 Å². The van der Waals surface area contributed by atoms with Gasteiger partial charge in [0.25, 0.3) is 0 Å². The predicted molar refractivity (Wildman–Crippen MR) is 79.9 cm³/mol. The average Bonchev–Trinajstić information content (AvgIpc) is 2.30. The summed E-state index contributed by atoms with van der Waals surface area (Å²) >= 11 is 30.9. The Morgan fingerprint density at radius 3 is 2.28 bits per heavy atom. The third kappa shape index (κ3) is 3.38. The van der Waals surface area contributed by atoms with Crippen molar-refractivity contribution in [3.63, 3.8) is 0 Å². The van der Waals surface area contributed by atoms with Gasteiger partial charge in [0.1, 0.15) is 10.2 Å². The standard InChI is InChI=1S/C11H4Cl5NS/c12-5-1-2-6(13)9(3-5)18-11-8(15)4-7(14)10(16)17-11/h1-4H. The van der Waals surface area contributed by atoms with Crippen LogP contribution < -0.4 is 0 Å². The molecule has 0 aliphatic rings. The number of pyridine rings is 1. The topological polar surface area (TPSA) is 12.9 Å². The molecule has 18 heavy (non-hydrogen) atoms. The van der Waals surface area contributed by atoms with Gasteiger partial charge in [0.2, 0.25) is 0 Å². The minimum atomic E-state index is 0.196. The highest BCUT2D eigenvalue weighted by Gasteiger charge is 2.11. The fourth-order valence-electron chi connectivity index (χ4n) is 1.16. The summed E-state index contributed by atoms with van der Waals surface area (Å²) in [4.78, 5) is 4.85. The highest BCUT2D eigenvalue weighted by Crippen LogP contribution is 2.39. The SMILES string of the molecule is Clc1ccc(Cl)c(Sc2nc(Cl)c(Cl)cc2Cl)c1. The summed E-state index contributed by atoms with van der Waals surface area (Å²) in [5.74, 6) is 0. The second-order valence-electron chi connectivity index (χ2n) is 3.22. The van der Waals surface area contributed by atoms with Crippen LogP contribution in [-0.4, -0.2) is 4.98 Å². The Kier molecular flexibility index (Phi) is 4.92. The van der Waals surface area contributed by atoms with Gasteiger partial charge >= 0.3 is 0 Å². The number of aromatic nitrogens is 1. The van der Waals surface area contributed by atoms with Crippen LogP contribution in [0.2, 0.25) is 25.2 Å². The summed E-state index contributed by atoms with van der Waals surface area (Å²) in [7, 11) is 0. The minimum Gasteiger partial charge on any atom is -0.226 e. The van der Waals surface area contributed by atoms with Crippen LogP contribution in [0.3, 0.4) is 0 Å². The molecule has 0 aliphatic heterocycles. The molecule has 7 heteroatoms. The first-order chi connectivity index (χ1) is 8.47. The first-order valence-electron chi connectivity index (χ1n) is 4.62. The minimum absolute atomic E-state index is 0.196. The van der Waals surface area contributed by atoms with Crippen molar-refractivity contribution < 1.29 is 0 Å². The lowest BCUT2D eigenvalue weighted by Crippen LogP contribution is -1.85. The van der Waals surface area contributed by atoms with Gasteiger partial charge in [0, 0.05) is 9.92 Å². The van der Waals surface area contributed by atoms with Crippen LogP contribution in [0.15, 0.2) is 34.2 Å². The van der Waals surface area contributed by atoms with E-state index in [4.69, 9.17) is 58.0 Å². The number of nitrogens with zero attached hydrogens (tertiary/aromatic N) is 1. The van der Waals surface area contributed by atoms with Gasteiger partial charge < -0.3 is 0 Å². The van der Waals surface area contributed by atoms with Gasteiger partial charge in [-0.3, -0.25) is 0 Å². The van der Waals surface area contributed by atoms with Crippen LogP contribution in [0.25, 0.3) is 0 Å². The van der Waals surface area contributed by atoms with Gasteiger partial charge in [-0.25, -0.2) is 4.98 Å². The zero-order valence-corrected chi connectivity index (χ0v) is 13.2. The van der Waals surface area contributed by atoms with Crippen LogP contribution in [0, 0.1) is 0 Å². The van der Waals surface area contributed by atoms with E-state index in [2.05, 4.69) is 4.98 Å². The van der Waals surface area contributed by atoms with E-state index < -0.39 is 0 Å². The molecule has 2 rings (SSSR count). The van der Waals surface area contributed by atoms with E-state index in [1.807, 2.05) is 0 Å². The molecular weight excluding hydrogens is 355 g/mol. The van der Waals surface area contributed by atoms with Crippen molar-refractivity contribution in [1.82, 2.24) is 4.98 Å². The molecule has 0 spiro atoms. The Bertz CT molecular complexity index is 602. The summed E-state index contributed by atoms with van der Waals surface area (Å²) in [6.07, 6.45) is 0. The number of benzene rings is 1. The number of halogens is 5. The molecule has 0 saturated carbocycles. The van der Waals surface area contributed by atoms with E-state index in [1.165, 1.54) is 11.8 Å². The van der Waals surface area contributed by atoms with E-state index in [0.717, 1.165) is 4.90 Å². The normalized spacial score (nSPS) is 10.7. The maximum Gasteiger partial charge on any atom is 0.149 e. The Hall–Kier alpha value is 0.170. The molecule has 0 unspecified atom stereocenters. The molecule has 0 atom stereocenters. The molecule has 94 valence electrons. The lowest BCUT2D eigenvalue weighted by atomic mass is 10.4. The Labute approximate surface area is 133 Å². The van der Waals surface area contributed by atoms with Crippen molar-refractivity contribution in [3.05, 3.63) is 49.5 Å². The molecule has 0 amide bonds. The lowest BCUT2D eigenvalue weighted by molar-refractivity contribution is 1.13. The lowest BCUT2D eigenvalue weighted by Gasteiger charge is -2.07. The summed E-state index contributed by atoms with van der Waals surface area (Å²) in [5.41, 5.74) is 0. The second-order valence-corrected chi connectivity index (χ2v) is 6.27. The van der Waals surface area contributed by atoms with Crippen LogP contribution in [-0.2, 0) is 0 Å². The second kappa shape index (κ2) is 6.08. The van der Waals surface area contributed by atoms with Crippen LogP contribution >= 0.6 is 69.8 Å². The smallest absolute Gasteiger partial charge is 0.149 e. The van der Waals surface area contributed by atoms with Crippen molar-refractivity contribution in [3.8, 4) is 0 Å². The van der Waals surface area contributed by atoms with Gasteiger partial charge in [0.15, 0.2) is 0 Å². The fraction of sp³-hybridized carbons (Fsp3) is 0. The quantitative estimate of drug-likeness (QED) is 0.568. The summed E-state index contributed by atoms with van der Waals surface area (Å²) in [6, 6.07) is 6.68. The average molecular weight is 359 g/mol. The highest BCUT2D eigenvalue weighted by atomic mass is 35.5. The van der Waals surface area contributed by atoms with Crippen molar-refractivity contribution in [2.24, 2.45) is 0 Å². The van der Waals surface area contributed by atoms with Crippen molar-refractivity contribution >= 4 is 69.8 Å². The first-order valence-corrected chi connectivity index (χ1v) is 7.32. The Balaban J connectivity index is 2.40. The van der Waals surface area contributed by atoms with Crippen molar-refractivity contribution in [2.45, 2.75) is 9.92 Å². The van der Waals surface area contributed by atoms with E-state index in [-0.39, 0.29) is 5.15 Å².